The fourth-order valence-electron chi connectivity index (χ4n) is 1.55. The number of urea groups is 1. The lowest BCUT2D eigenvalue weighted by Gasteiger charge is -2.11. The molecule has 0 atom stereocenters. The van der Waals surface area contributed by atoms with E-state index in [0.717, 1.165) is 4.90 Å². The van der Waals surface area contributed by atoms with Gasteiger partial charge in [0.25, 0.3) is 5.91 Å². The Morgan fingerprint density at radius 3 is 2.89 bits per heavy atom. The van der Waals surface area contributed by atoms with E-state index in [4.69, 9.17) is 5.84 Å². The summed E-state index contributed by atoms with van der Waals surface area (Å²) in [6.07, 6.45) is 0. The fraction of sp³-hybridized carbons (Fsp3) is 0.200. The maximum atomic E-state index is 11.4. The van der Waals surface area contributed by atoms with Gasteiger partial charge in [-0.05, 0) is 12.1 Å². The van der Waals surface area contributed by atoms with Crippen molar-refractivity contribution in [1.29, 1.82) is 0 Å². The average Bonchev–Trinajstić information content (AvgIpc) is 2.70. The predicted octanol–water partition coefficient (Wildman–Crippen LogP) is -1.26. The first-order valence-corrected chi connectivity index (χ1v) is 5.17. The molecule has 1 fully saturated rings. The number of carbonyl (C=O) groups excluding carboxylic acids is 3. The van der Waals surface area contributed by atoms with Gasteiger partial charge in [-0.25, -0.2) is 15.6 Å². The normalized spacial score (nSPS) is 14.6. The van der Waals surface area contributed by atoms with Crippen molar-refractivity contribution >= 4 is 17.8 Å². The second-order valence-electron chi connectivity index (χ2n) is 3.63. The van der Waals surface area contributed by atoms with Crippen LogP contribution in [-0.4, -0.2) is 34.3 Å². The number of hydrogen-bond donors (Lipinski definition) is 3. The molecular formula is C10H11N5O3. The smallest absolute Gasteiger partial charge is 0.324 e. The molecule has 1 aromatic rings. The van der Waals surface area contributed by atoms with E-state index in [9.17, 15) is 14.4 Å². The lowest BCUT2D eigenvalue weighted by atomic mass is 10.3. The van der Waals surface area contributed by atoms with Gasteiger partial charge in [0.1, 0.15) is 5.69 Å². The second kappa shape index (κ2) is 4.80. The van der Waals surface area contributed by atoms with Crippen LogP contribution in [0.3, 0.4) is 0 Å². The number of pyridine rings is 1. The topological polar surface area (TPSA) is 117 Å². The van der Waals surface area contributed by atoms with Crippen molar-refractivity contribution in [2.75, 3.05) is 6.54 Å². The van der Waals surface area contributed by atoms with Gasteiger partial charge in [-0.2, -0.15) is 0 Å². The quantitative estimate of drug-likeness (QED) is 0.267. The number of nitrogens with one attached hydrogen (secondary N) is 2. The molecule has 2 rings (SSSR count). The second-order valence-corrected chi connectivity index (χ2v) is 3.63. The summed E-state index contributed by atoms with van der Waals surface area (Å²) in [5.74, 6) is 4.14. The third kappa shape index (κ3) is 2.28. The molecule has 8 nitrogen and oxygen atoms in total. The molecule has 0 radical (unpaired) electrons. The van der Waals surface area contributed by atoms with Crippen LogP contribution >= 0.6 is 0 Å². The van der Waals surface area contributed by atoms with E-state index in [-0.39, 0.29) is 24.7 Å². The molecule has 1 aliphatic rings. The van der Waals surface area contributed by atoms with Crippen molar-refractivity contribution in [2.24, 2.45) is 5.84 Å². The van der Waals surface area contributed by atoms with Crippen LogP contribution in [0.25, 0.3) is 0 Å². The number of imide groups is 1. The van der Waals surface area contributed by atoms with Crippen LogP contribution in [-0.2, 0) is 11.3 Å². The van der Waals surface area contributed by atoms with Crippen LogP contribution in [0.2, 0.25) is 0 Å². The summed E-state index contributed by atoms with van der Waals surface area (Å²) in [6.45, 7) is 0.0121. The molecule has 0 unspecified atom stereocenters. The molecule has 0 saturated carbocycles. The first kappa shape index (κ1) is 12.0. The van der Waals surface area contributed by atoms with Gasteiger partial charge in [-0.1, -0.05) is 6.07 Å². The highest BCUT2D eigenvalue weighted by molar-refractivity contribution is 6.01. The molecule has 0 aromatic carbocycles. The molecule has 1 aliphatic heterocycles. The lowest BCUT2D eigenvalue weighted by Crippen LogP contribution is -2.32. The molecule has 1 saturated heterocycles. The van der Waals surface area contributed by atoms with E-state index in [0.29, 0.717) is 5.69 Å². The molecule has 0 aliphatic carbocycles. The van der Waals surface area contributed by atoms with E-state index in [1.807, 2.05) is 5.43 Å². The van der Waals surface area contributed by atoms with Crippen LogP contribution in [0.15, 0.2) is 18.2 Å². The predicted molar refractivity (Wildman–Crippen MR) is 59.8 cm³/mol. The number of nitrogens with two attached hydrogens (primary N) is 1. The highest BCUT2D eigenvalue weighted by Gasteiger charge is 2.28. The van der Waals surface area contributed by atoms with E-state index in [1.54, 1.807) is 12.1 Å². The molecular weight excluding hydrogens is 238 g/mol. The first-order valence-electron chi connectivity index (χ1n) is 5.17. The molecule has 94 valence electrons. The summed E-state index contributed by atoms with van der Waals surface area (Å²) in [5, 5.41) is 2.40. The van der Waals surface area contributed by atoms with Gasteiger partial charge in [0.15, 0.2) is 0 Å². The van der Waals surface area contributed by atoms with Crippen molar-refractivity contribution in [3.63, 3.8) is 0 Å². The minimum Gasteiger partial charge on any atom is -0.329 e. The molecule has 0 spiro atoms. The summed E-state index contributed by atoms with van der Waals surface area (Å²) in [5.41, 5.74) is 2.52. The maximum absolute atomic E-state index is 11.4. The van der Waals surface area contributed by atoms with Gasteiger partial charge < -0.3 is 5.32 Å². The van der Waals surface area contributed by atoms with Gasteiger partial charge in [-0.15, -0.1) is 0 Å². The number of hydrogen-bond acceptors (Lipinski definition) is 5. The van der Waals surface area contributed by atoms with Gasteiger partial charge in [0.05, 0.1) is 18.8 Å². The first-order chi connectivity index (χ1) is 8.61. The van der Waals surface area contributed by atoms with Crippen LogP contribution in [0.1, 0.15) is 16.2 Å². The Morgan fingerprint density at radius 2 is 2.28 bits per heavy atom. The van der Waals surface area contributed by atoms with Crippen molar-refractivity contribution in [3.05, 3.63) is 29.6 Å². The molecule has 0 bridgehead atoms. The Morgan fingerprint density at radius 1 is 1.50 bits per heavy atom. The van der Waals surface area contributed by atoms with Crippen molar-refractivity contribution in [2.45, 2.75) is 6.54 Å². The minimum atomic E-state index is -0.533. The van der Waals surface area contributed by atoms with Gasteiger partial charge in [0.2, 0.25) is 5.91 Å². The molecule has 8 heteroatoms. The summed E-state index contributed by atoms with van der Waals surface area (Å²) in [7, 11) is 0. The Balaban J connectivity index is 2.17. The maximum Gasteiger partial charge on any atom is 0.324 e. The molecule has 18 heavy (non-hydrogen) atoms. The highest BCUT2D eigenvalue weighted by Crippen LogP contribution is 2.07. The fourth-order valence-corrected chi connectivity index (χ4v) is 1.55. The summed E-state index contributed by atoms with van der Waals surface area (Å²) in [4.78, 5) is 39.0. The minimum absolute atomic E-state index is 0.0121. The zero-order chi connectivity index (χ0) is 13.1. The number of nitrogen functional groups attached to an aromatic ring is 1. The summed E-state index contributed by atoms with van der Waals surface area (Å²) >= 11 is 0. The molecule has 1 aromatic heterocycles. The van der Waals surface area contributed by atoms with Gasteiger partial charge >= 0.3 is 6.03 Å². The van der Waals surface area contributed by atoms with Crippen molar-refractivity contribution in [3.8, 4) is 0 Å². The Hall–Kier alpha value is -2.48. The third-order valence-corrected chi connectivity index (χ3v) is 2.43. The number of carbonyl (C=O) groups is 3. The Kier molecular flexibility index (Phi) is 3.20. The number of hydrazine groups is 1. The number of rotatable bonds is 3. The lowest BCUT2D eigenvalue weighted by molar-refractivity contribution is -0.125. The van der Waals surface area contributed by atoms with Crippen LogP contribution in [0.4, 0.5) is 4.79 Å². The highest BCUT2D eigenvalue weighted by atomic mass is 16.2. The number of nitrogens with zero attached hydrogens (tertiary/aromatic N) is 2. The third-order valence-electron chi connectivity index (χ3n) is 2.43. The van der Waals surface area contributed by atoms with Crippen LogP contribution < -0.4 is 16.6 Å². The van der Waals surface area contributed by atoms with E-state index in [2.05, 4.69) is 10.3 Å². The standard InChI is InChI=1S/C10H11N5O3/c11-14-9(17)7-3-1-2-6(13-7)5-15-8(16)4-12-10(15)18/h1-3H,4-5,11H2,(H,12,18)(H,14,17). The van der Waals surface area contributed by atoms with Crippen LogP contribution in [0, 0.1) is 0 Å². The van der Waals surface area contributed by atoms with Gasteiger partial charge in [0, 0.05) is 0 Å². The van der Waals surface area contributed by atoms with Crippen molar-refractivity contribution in [1.82, 2.24) is 20.6 Å². The number of aromatic nitrogens is 1. The molecule has 4 amide bonds. The summed E-state index contributed by atoms with van der Waals surface area (Å²) < 4.78 is 0. The Labute approximate surface area is 102 Å². The zero-order valence-electron chi connectivity index (χ0n) is 9.34. The van der Waals surface area contributed by atoms with Gasteiger partial charge in [-0.3, -0.25) is 19.9 Å². The molecule has 4 N–H and O–H groups in total. The Bertz CT molecular complexity index is 500. The zero-order valence-corrected chi connectivity index (χ0v) is 9.34. The van der Waals surface area contributed by atoms with Crippen molar-refractivity contribution < 1.29 is 14.4 Å². The average molecular weight is 249 g/mol. The summed E-state index contributed by atoms with van der Waals surface area (Å²) in [6, 6.07) is 4.24. The monoisotopic (exact) mass is 249 g/mol. The van der Waals surface area contributed by atoms with E-state index in [1.165, 1.54) is 6.07 Å². The van der Waals surface area contributed by atoms with Crippen LogP contribution in [0.5, 0.6) is 0 Å². The number of amides is 4. The SMILES string of the molecule is NNC(=O)c1cccc(CN2C(=O)CNC2=O)n1. The van der Waals surface area contributed by atoms with E-state index >= 15 is 0 Å². The molecule has 2 heterocycles. The van der Waals surface area contributed by atoms with E-state index < -0.39 is 11.9 Å². The largest absolute Gasteiger partial charge is 0.329 e.